The molecular formula is C21H25NO. The van der Waals surface area contributed by atoms with Crippen LogP contribution in [0.1, 0.15) is 24.8 Å². The van der Waals surface area contributed by atoms with Gasteiger partial charge in [0.15, 0.2) is 0 Å². The molecule has 1 unspecified atom stereocenters. The minimum atomic E-state index is 0.550. The van der Waals surface area contributed by atoms with Crippen LogP contribution in [0.2, 0.25) is 0 Å². The van der Waals surface area contributed by atoms with Crippen molar-refractivity contribution in [2.75, 3.05) is 20.7 Å². The van der Waals surface area contributed by atoms with Crippen LogP contribution in [0.3, 0.4) is 0 Å². The third-order valence-corrected chi connectivity index (χ3v) is 4.68. The van der Waals surface area contributed by atoms with Gasteiger partial charge in [0.25, 0.3) is 0 Å². The molecule has 0 radical (unpaired) electrons. The van der Waals surface area contributed by atoms with Crippen LogP contribution in [-0.4, -0.2) is 31.6 Å². The molecular weight excluding hydrogens is 282 g/mol. The highest BCUT2D eigenvalue weighted by atomic mass is 16.5. The van der Waals surface area contributed by atoms with Crippen molar-refractivity contribution < 1.29 is 4.74 Å². The highest BCUT2D eigenvalue weighted by molar-refractivity contribution is 5.79. The van der Waals surface area contributed by atoms with Crippen LogP contribution >= 0.6 is 0 Å². The zero-order valence-electron chi connectivity index (χ0n) is 14.0. The lowest BCUT2D eigenvalue weighted by molar-refractivity contribution is 0.222. The van der Waals surface area contributed by atoms with Crippen molar-refractivity contribution >= 4 is 6.08 Å². The lowest BCUT2D eigenvalue weighted by Crippen LogP contribution is -2.34. The van der Waals surface area contributed by atoms with E-state index in [4.69, 9.17) is 4.74 Å². The van der Waals surface area contributed by atoms with E-state index in [1.54, 1.807) is 7.11 Å². The number of methoxy groups -OCH3 is 1. The molecule has 1 aliphatic rings. The van der Waals surface area contributed by atoms with Crippen LogP contribution < -0.4 is 4.74 Å². The molecule has 3 rings (SSSR count). The molecule has 0 spiro atoms. The summed E-state index contributed by atoms with van der Waals surface area (Å²) < 4.78 is 5.53. The van der Waals surface area contributed by atoms with Crippen LogP contribution in [-0.2, 0) is 0 Å². The van der Waals surface area contributed by atoms with Crippen molar-refractivity contribution in [2.45, 2.75) is 25.3 Å². The van der Waals surface area contributed by atoms with Crippen molar-refractivity contribution in [3.8, 4) is 16.9 Å². The molecule has 2 nitrogen and oxygen atoms in total. The van der Waals surface area contributed by atoms with Gasteiger partial charge in [0, 0.05) is 11.6 Å². The van der Waals surface area contributed by atoms with Gasteiger partial charge in [0.2, 0.25) is 0 Å². The minimum absolute atomic E-state index is 0.550. The van der Waals surface area contributed by atoms with E-state index in [1.165, 1.54) is 36.9 Å². The van der Waals surface area contributed by atoms with Crippen LogP contribution in [0.15, 0.2) is 54.6 Å². The summed E-state index contributed by atoms with van der Waals surface area (Å²) >= 11 is 0. The van der Waals surface area contributed by atoms with E-state index in [-0.39, 0.29) is 0 Å². The third-order valence-electron chi connectivity index (χ3n) is 4.68. The van der Waals surface area contributed by atoms with Crippen molar-refractivity contribution in [1.82, 2.24) is 4.90 Å². The van der Waals surface area contributed by atoms with Crippen LogP contribution in [0.5, 0.6) is 5.75 Å². The second kappa shape index (κ2) is 7.47. The fraction of sp³-hybridized carbons (Fsp3) is 0.333. The Labute approximate surface area is 139 Å². The van der Waals surface area contributed by atoms with Gasteiger partial charge in [-0.15, -0.1) is 0 Å². The lowest BCUT2D eigenvalue weighted by Gasteiger charge is -2.30. The molecule has 0 aliphatic carbocycles. The molecule has 23 heavy (non-hydrogen) atoms. The summed E-state index contributed by atoms with van der Waals surface area (Å²) in [6, 6.07) is 17.3. The number of para-hydroxylation sites is 1. The molecule has 2 heteroatoms. The van der Waals surface area contributed by atoms with Gasteiger partial charge in [-0.2, -0.15) is 0 Å². The minimum Gasteiger partial charge on any atom is -0.496 e. The Morgan fingerprint density at radius 1 is 1.00 bits per heavy atom. The predicted molar refractivity (Wildman–Crippen MR) is 97.7 cm³/mol. The summed E-state index contributed by atoms with van der Waals surface area (Å²) in [7, 11) is 3.95. The molecule has 1 fully saturated rings. The lowest BCUT2D eigenvalue weighted by atomic mass is 9.96. The first-order valence-electron chi connectivity index (χ1n) is 8.40. The average Bonchev–Trinajstić information content (AvgIpc) is 2.61. The first-order chi connectivity index (χ1) is 11.3. The van der Waals surface area contributed by atoms with E-state index in [0.717, 1.165) is 11.3 Å². The smallest absolute Gasteiger partial charge is 0.126 e. The number of hydrogen-bond donors (Lipinski definition) is 0. The quantitative estimate of drug-likeness (QED) is 0.800. The zero-order chi connectivity index (χ0) is 16.1. The molecule has 0 bridgehead atoms. The number of rotatable bonds is 4. The molecule has 0 amide bonds. The van der Waals surface area contributed by atoms with Gasteiger partial charge < -0.3 is 4.74 Å². The number of likely N-dealkylation sites (N-methyl/N-ethyl adjacent to an activating group) is 1. The number of likely N-dealkylation sites (tertiary alicyclic amines) is 1. The van der Waals surface area contributed by atoms with Crippen LogP contribution in [0.4, 0.5) is 0 Å². The van der Waals surface area contributed by atoms with Gasteiger partial charge in [0.05, 0.1) is 7.11 Å². The average molecular weight is 307 g/mol. The van der Waals surface area contributed by atoms with Gasteiger partial charge in [-0.25, -0.2) is 0 Å². The van der Waals surface area contributed by atoms with Crippen LogP contribution in [0.25, 0.3) is 17.2 Å². The zero-order valence-corrected chi connectivity index (χ0v) is 14.0. The molecule has 0 N–H and O–H groups in total. The number of ether oxygens (including phenoxy) is 1. The Kier molecular flexibility index (Phi) is 5.14. The highest BCUT2D eigenvalue weighted by Crippen LogP contribution is 2.32. The molecule has 120 valence electrons. The van der Waals surface area contributed by atoms with Crippen molar-refractivity contribution in [3.05, 3.63) is 60.2 Å². The van der Waals surface area contributed by atoms with Gasteiger partial charge in [-0.3, -0.25) is 4.90 Å². The van der Waals surface area contributed by atoms with E-state index < -0.39 is 0 Å². The summed E-state index contributed by atoms with van der Waals surface area (Å²) in [5, 5.41) is 0. The van der Waals surface area contributed by atoms with E-state index in [1.807, 2.05) is 12.1 Å². The topological polar surface area (TPSA) is 12.5 Å². The fourth-order valence-corrected chi connectivity index (χ4v) is 3.31. The highest BCUT2D eigenvalue weighted by Gasteiger charge is 2.16. The second-order valence-corrected chi connectivity index (χ2v) is 6.19. The van der Waals surface area contributed by atoms with Gasteiger partial charge in [-0.05, 0) is 43.6 Å². The normalized spacial score (nSPS) is 19.1. The molecule has 2 aromatic carbocycles. The second-order valence-electron chi connectivity index (χ2n) is 6.19. The van der Waals surface area contributed by atoms with Gasteiger partial charge in [0.1, 0.15) is 5.75 Å². The van der Waals surface area contributed by atoms with Gasteiger partial charge >= 0.3 is 0 Å². The van der Waals surface area contributed by atoms with Crippen molar-refractivity contribution in [3.63, 3.8) is 0 Å². The first-order valence-corrected chi connectivity index (χ1v) is 8.40. The summed E-state index contributed by atoms with van der Waals surface area (Å²) in [5.41, 5.74) is 3.61. The Morgan fingerprint density at radius 3 is 2.52 bits per heavy atom. The fourth-order valence-electron chi connectivity index (χ4n) is 3.31. The maximum absolute atomic E-state index is 5.53. The van der Waals surface area contributed by atoms with Crippen molar-refractivity contribution in [1.29, 1.82) is 0 Å². The third kappa shape index (κ3) is 3.65. The Bertz CT molecular complexity index is 677. The maximum atomic E-state index is 5.53. The molecule has 2 aromatic rings. The SMILES string of the molecule is COc1ccccc1-c1ccccc1C=CC1CCCCN1C. The van der Waals surface area contributed by atoms with E-state index in [9.17, 15) is 0 Å². The van der Waals surface area contributed by atoms with E-state index in [2.05, 4.69) is 60.5 Å². The Hall–Kier alpha value is -2.06. The Balaban J connectivity index is 1.92. The maximum Gasteiger partial charge on any atom is 0.126 e. The number of benzene rings is 2. The van der Waals surface area contributed by atoms with Crippen molar-refractivity contribution in [2.24, 2.45) is 0 Å². The van der Waals surface area contributed by atoms with Crippen LogP contribution in [0, 0.1) is 0 Å². The van der Waals surface area contributed by atoms with E-state index >= 15 is 0 Å². The number of piperidine rings is 1. The van der Waals surface area contributed by atoms with E-state index in [0.29, 0.717) is 6.04 Å². The Morgan fingerprint density at radius 2 is 1.74 bits per heavy atom. The molecule has 1 saturated heterocycles. The molecule has 1 atom stereocenters. The molecule has 0 aromatic heterocycles. The standard InChI is InChI=1S/C21H25NO/c1-22-16-8-7-10-18(22)15-14-17-9-3-4-11-19(17)20-12-5-6-13-21(20)23-2/h3-6,9,11-15,18H,7-8,10,16H2,1-2H3. The molecule has 0 saturated carbocycles. The first kappa shape index (κ1) is 15.8. The summed E-state index contributed by atoms with van der Waals surface area (Å²) in [6.45, 7) is 1.20. The largest absolute Gasteiger partial charge is 0.496 e. The summed E-state index contributed by atoms with van der Waals surface area (Å²) in [4.78, 5) is 2.45. The number of hydrogen-bond acceptors (Lipinski definition) is 2. The molecule has 1 aliphatic heterocycles. The number of nitrogens with zero attached hydrogens (tertiary/aromatic N) is 1. The summed E-state index contributed by atoms with van der Waals surface area (Å²) in [6.07, 6.45) is 8.53. The summed E-state index contributed by atoms with van der Waals surface area (Å²) in [5.74, 6) is 0.920. The monoisotopic (exact) mass is 307 g/mol. The predicted octanol–water partition coefficient (Wildman–Crippen LogP) is 4.86. The van der Waals surface area contributed by atoms with Gasteiger partial charge in [-0.1, -0.05) is 61.0 Å². The molecule has 1 heterocycles.